The molecule has 2 amide bonds. The van der Waals surface area contributed by atoms with Gasteiger partial charge in [-0.3, -0.25) is 14.1 Å². The van der Waals surface area contributed by atoms with Crippen LogP contribution < -0.4 is 28.4 Å². The highest BCUT2D eigenvalue weighted by molar-refractivity contribution is 7.86. The van der Waals surface area contributed by atoms with Crippen molar-refractivity contribution in [3.8, 4) is 34.5 Å². The molecule has 4 aliphatic rings. The number of benzene rings is 4. The van der Waals surface area contributed by atoms with E-state index in [9.17, 15) is 27.1 Å². The minimum absolute atomic E-state index is 0.0216. The molecule has 5 atom stereocenters. The summed E-state index contributed by atoms with van der Waals surface area (Å²) < 4.78 is 85.5. The van der Waals surface area contributed by atoms with E-state index in [4.69, 9.17) is 28.4 Å². The minimum Gasteiger partial charge on any atom is -0.497 e. The molecule has 0 aliphatic carbocycles. The van der Waals surface area contributed by atoms with E-state index < -0.39 is 34.5 Å². The second-order valence-electron chi connectivity index (χ2n) is 18.5. The highest BCUT2D eigenvalue weighted by Crippen LogP contribution is 2.48. The molecule has 0 aromatic heterocycles. The van der Waals surface area contributed by atoms with Gasteiger partial charge in [0.2, 0.25) is 0 Å². The van der Waals surface area contributed by atoms with Crippen LogP contribution in [0, 0.1) is 5.92 Å². The van der Waals surface area contributed by atoms with Crippen molar-refractivity contribution in [2.24, 2.45) is 5.92 Å². The lowest BCUT2D eigenvalue weighted by molar-refractivity contribution is 0.0759. The smallest absolute Gasteiger partial charge is 0.270 e. The van der Waals surface area contributed by atoms with Gasteiger partial charge in [0.1, 0.15) is 16.7 Å². The van der Waals surface area contributed by atoms with Crippen LogP contribution in [0.1, 0.15) is 95.3 Å². The molecular weight excluding hydrogens is 920 g/mol. The van der Waals surface area contributed by atoms with Gasteiger partial charge >= 0.3 is 0 Å². The summed E-state index contributed by atoms with van der Waals surface area (Å²) in [4.78, 5) is 31.5. The molecular formula is C53H63N2O12PS. The van der Waals surface area contributed by atoms with Crippen LogP contribution in [-0.2, 0) is 27.5 Å². The van der Waals surface area contributed by atoms with Gasteiger partial charge in [-0.15, -0.1) is 0 Å². The Morgan fingerprint density at radius 2 is 1.06 bits per heavy atom. The third-order valence-corrected chi connectivity index (χ3v) is 18.7. The number of fused-ring (bicyclic) bond motifs is 4. The lowest BCUT2D eigenvalue weighted by Gasteiger charge is -2.26. The minimum atomic E-state index is -4.59. The van der Waals surface area contributed by atoms with Crippen molar-refractivity contribution in [2.45, 2.75) is 82.5 Å². The van der Waals surface area contributed by atoms with Crippen molar-refractivity contribution >= 4 is 40.2 Å². The lowest BCUT2D eigenvalue weighted by atomic mass is 9.90. The van der Waals surface area contributed by atoms with Crippen molar-refractivity contribution in [3.05, 3.63) is 119 Å². The summed E-state index contributed by atoms with van der Waals surface area (Å²) in [7, 11) is -0.985. The topological polar surface area (TPSA) is 167 Å². The van der Waals surface area contributed by atoms with Crippen molar-refractivity contribution < 1.29 is 55.5 Å². The molecule has 4 aliphatic heterocycles. The highest BCUT2D eigenvalue weighted by Gasteiger charge is 2.45. The molecule has 0 saturated carbocycles. The molecule has 4 aromatic carbocycles. The Morgan fingerprint density at radius 1 is 0.609 bits per heavy atom. The number of carbonyl (C=O) groups is 2. The van der Waals surface area contributed by atoms with E-state index >= 15 is 0 Å². The zero-order valence-electron chi connectivity index (χ0n) is 40.3. The largest absolute Gasteiger partial charge is 0.497 e. The zero-order chi connectivity index (χ0) is 49.0. The van der Waals surface area contributed by atoms with E-state index in [0.717, 1.165) is 52.8 Å². The molecule has 3 unspecified atom stereocenters. The predicted octanol–water partition coefficient (Wildman–Crippen LogP) is 9.64. The van der Waals surface area contributed by atoms with Crippen LogP contribution in [0.3, 0.4) is 0 Å². The summed E-state index contributed by atoms with van der Waals surface area (Å²) in [6.07, 6.45) is 9.56. The highest BCUT2D eigenvalue weighted by atomic mass is 32.2. The quantitative estimate of drug-likeness (QED) is 0.0507. The molecule has 0 fully saturated rings. The van der Waals surface area contributed by atoms with E-state index in [0.29, 0.717) is 84.2 Å². The van der Waals surface area contributed by atoms with Crippen molar-refractivity contribution in [1.29, 1.82) is 0 Å². The third-order valence-electron chi connectivity index (χ3n) is 14.1. The van der Waals surface area contributed by atoms with Crippen LogP contribution in [0.4, 0.5) is 0 Å². The predicted molar refractivity (Wildman–Crippen MR) is 266 cm³/mol. The molecule has 8 rings (SSSR count). The van der Waals surface area contributed by atoms with Gasteiger partial charge in [-0.1, -0.05) is 44.5 Å². The summed E-state index contributed by atoms with van der Waals surface area (Å²) in [6, 6.07) is 21.3. The summed E-state index contributed by atoms with van der Waals surface area (Å²) in [5.41, 5.74) is 5.96. The number of hydrogen-bond acceptors (Lipinski definition) is 11. The first-order chi connectivity index (χ1) is 33.2. The Morgan fingerprint density at radius 3 is 1.51 bits per heavy atom. The first-order valence-corrected chi connectivity index (χ1v) is 27.5. The SMILES string of the molecule is CCCCP(=O)(CCCOc1cc2c(cc1OC)C(=O)N1C=C(c3ccc(OC)cc3)C[C@H]1C(C)C2)CCCOc1cc2c(cc1OC)C(=O)N1C=C(c3ccc(OC)cc3)C[C@H]1C(S(=O)(=O)O)C2. The third kappa shape index (κ3) is 10.7. The molecule has 0 radical (unpaired) electrons. The van der Waals surface area contributed by atoms with Crippen LogP contribution in [0.5, 0.6) is 34.5 Å². The van der Waals surface area contributed by atoms with Gasteiger partial charge in [-0.05, 0) is 133 Å². The van der Waals surface area contributed by atoms with E-state index in [1.807, 2.05) is 53.6 Å². The van der Waals surface area contributed by atoms with Crippen molar-refractivity contribution in [1.82, 2.24) is 9.80 Å². The molecule has 16 heteroatoms. The second-order valence-corrected chi connectivity index (χ2v) is 23.6. The van der Waals surface area contributed by atoms with E-state index in [1.54, 1.807) is 57.9 Å². The second kappa shape index (κ2) is 21.1. The Hall–Kier alpha value is -5.76. The van der Waals surface area contributed by atoms with Crippen LogP contribution in [-0.4, -0.2) is 112 Å². The van der Waals surface area contributed by atoms with Gasteiger partial charge in [-0.25, -0.2) is 0 Å². The molecule has 368 valence electrons. The van der Waals surface area contributed by atoms with Gasteiger partial charge in [0, 0.05) is 48.1 Å². The fraction of sp³-hybridized carbons (Fsp3) is 0.434. The normalized spacial score (nSPS) is 20.6. The number of nitrogens with zero attached hydrogens (tertiary/aromatic N) is 2. The molecule has 69 heavy (non-hydrogen) atoms. The molecule has 0 bridgehead atoms. The average molecular weight is 983 g/mol. The molecule has 1 N–H and O–H groups in total. The van der Waals surface area contributed by atoms with E-state index in [1.165, 1.54) is 12.0 Å². The van der Waals surface area contributed by atoms with Crippen molar-refractivity contribution in [2.75, 3.05) is 60.1 Å². The first-order valence-electron chi connectivity index (χ1n) is 23.7. The molecule has 0 spiro atoms. The molecule has 14 nitrogen and oxygen atoms in total. The number of rotatable bonds is 20. The number of amides is 2. The standard InChI is InChI=1S/C53H63N2O12PS/c1-7-8-21-68(58,22-9-19-66-49-27-37-24-34(2)45-25-39(35-11-15-41(62-3)16-12-35)32-54(45)52(56)43(37)30-47(49)64-5)23-10-20-67-50-28-38-29-51(69(59,60)61)46-26-40(36-13-17-42(63-4)18-14-36)33-55(46)53(57)44(38)31-48(50)65-6/h11-18,27-28,30-34,45-46,51H,7-10,19-26,29H2,1-6H3,(H,59,60,61)/t34?,45-,46-,51?,68?/m0/s1. The number of ether oxygens (including phenoxy) is 6. The van der Waals surface area contributed by atoms with Crippen LogP contribution >= 0.6 is 7.14 Å². The van der Waals surface area contributed by atoms with Crippen molar-refractivity contribution in [3.63, 3.8) is 0 Å². The first kappa shape index (κ1) is 49.7. The van der Waals surface area contributed by atoms with E-state index in [2.05, 4.69) is 13.8 Å². The van der Waals surface area contributed by atoms with Crippen LogP contribution in [0.25, 0.3) is 11.1 Å². The van der Waals surface area contributed by atoms with Crippen LogP contribution in [0.15, 0.2) is 85.2 Å². The number of hydrogen-bond donors (Lipinski definition) is 1. The monoisotopic (exact) mass is 982 g/mol. The number of unbranched alkanes of at least 4 members (excludes halogenated alkanes) is 1. The van der Waals surface area contributed by atoms with Crippen LogP contribution in [0.2, 0.25) is 0 Å². The lowest BCUT2D eigenvalue weighted by Crippen LogP contribution is -2.43. The van der Waals surface area contributed by atoms with Gasteiger partial charge in [0.05, 0.1) is 54.8 Å². The average Bonchev–Trinajstić information content (AvgIpc) is 3.96. The van der Waals surface area contributed by atoms with Gasteiger partial charge in [-0.2, -0.15) is 8.42 Å². The number of carbonyl (C=O) groups excluding carboxylic acids is 2. The Labute approximate surface area is 405 Å². The number of methoxy groups -OCH3 is 4. The molecule has 4 aromatic rings. The summed E-state index contributed by atoms with van der Waals surface area (Å²) in [5, 5.41) is -1.29. The fourth-order valence-corrected chi connectivity index (χ4v) is 14.2. The molecule has 4 heterocycles. The fourth-order valence-electron chi connectivity index (χ4n) is 10.2. The maximum absolute atomic E-state index is 14.5. The maximum Gasteiger partial charge on any atom is 0.270 e. The van der Waals surface area contributed by atoms with Gasteiger partial charge in [0.25, 0.3) is 21.9 Å². The Balaban J connectivity index is 0.900. The maximum atomic E-state index is 14.5. The van der Waals surface area contributed by atoms with Gasteiger partial charge in [0.15, 0.2) is 23.0 Å². The Kier molecular flexibility index (Phi) is 15.2. The summed E-state index contributed by atoms with van der Waals surface area (Å²) in [5.74, 6) is 2.83. The van der Waals surface area contributed by atoms with E-state index in [-0.39, 0.29) is 42.9 Å². The summed E-state index contributed by atoms with van der Waals surface area (Å²) in [6.45, 7) is 4.79. The zero-order valence-corrected chi connectivity index (χ0v) is 42.0. The molecule has 0 saturated heterocycles. The van der Waals surface area contributed by atoms with Gasteiger partial charge < -0.3 is 42.8 Å². The Bertz CT molecular complexity index is 2770. The summed E-state index contributed by atoms with van der Waals surface area (Å²) >= 11 is 0.